The number of carboxylic acid groups (broad SMARTS) is 1. The van der Waals surface area contributed by atoms with Crippen molar-refractivity contribution in [1.82, 2.24) is 33.9 Å². The van der Waals surface area contributed by atoms with Crippen molar-refractivity contribution < 1.29 is 19.0 Å². The summed E-state index contributed by atoms with van der Waals surface area (Å²) in [5, 5.41) is 16.3. The second kappa shape index (κ2) is 6.83. The van der Waals surface area contributed by atoms with Gasteiger partial charge in [0.25, 0.3) is 0 Å². The van der Waals surface area contributed by atoms with Gasteiger partial charge in [0, 0.05) is 48.7 Å². The molecule has 2 N–H and O–H groups in total. The predicted octanol–water partition coefficient (Wildman–Crippen LogP) is 1.56. The van der Waals surface area contributed by atoms with Crippen molar-refractivity contribution >= 4 is 23.3 Å². The molecule has 1 aliphatic rings. The summed E-state index contributed by atoms with van der Waals surface area (Å²) in [6.45, 7) is -0.183. The highest BCUT2D eigenvalue weighted by Gasteiger charge is 2.36. The number of methoxy groups -OCH3 is 1. The number of amides is 1. The van der Waals surface area contributed by atoms with Crippen molar-refractivity contribution in [2.24, 2.45) is 0 Å². The smallest absolute Gasteiger partial charge is 0.407 e. The number of nitrogens with one attached hydrogen (secondary N) is 1. The number of likely N-dealkylation sites (tertiary alicyclic amines) is 1. The first-order chi connectivity index (χ1) is 14.5. The van der Waals surface area contributed by atoms with E-state index in [4.69, 9.17) is 9.84 Å². The lowest BCUT2D eigenvalue weighted by molar-refractivity contribution is 0.152. The number of aromatic nitrogens is 6. The lowest BCUT2D eigenvalue weighted by Gasteiger charge is -2.15. The molecule has 0 radical (unpaired) electrons. The monoisotopic (exact) mass is 412 g/mol. The molecule has 1 fully saturated rings. The van der Waals surface area contributed by atoms with Gasteiger partial charge in [-0.2, -0.15) is 4.98 Å². The minimum atomic E-state index is -1.36. The van der Waals surface area contributed by atoms with E-state index in [-0.39, 0.29) is 19.0 Å². The second-order valence-electron chi connectivity index (χ2n) is 6.90. The highest BCUT2D eigenvalue weighted by atomic mass is 19.1. The average molecular weight is 412 g/mol. The molecule has 1 saturated heterocycles. The largest absolute Gasteiger partial charge is 0.479 e. The van der Waals surface area contributed by atoms with Gasteiger partial charge in [-0.15, -0.1) is 5.10 Å². The predicted molar refractivity (Wildman–Crippen MR) is 103 cm³/mol. The van der Waals surface area contributed by atoms with Crippen molar-refractivity contribution in [2.75, 3.05) is 25.5 Å². The Labute approximate surface area is 168 Å². The van der Waals surface area contributed by atoms with Crippen LogP contribution in [-0.2, 0) is 0 Å². The number of rotatable bonds is 4. The van der Waals surface area contributed by atoms with Crippen LogP contribution in [0.4, 0.5) is 15.1 Å². The molecule has 1 amide bonds. The van der Waals surface area contributed by atoms with E-state index in [1.54, 1.807) is 33.7 Å². The minimum Gasteiger partial charge on any atom is -0.479 e. The molecule has 0 aliphatic carbocycles. The Morgan fingerprint density at radius 1 is 1.33 bits per heavy atom. The number of alkyl halides is 1. The van der Waals surface area contributed by atoms with Gasteiger partial charge in [0.1, 0.15) is 11.7 Å². The number of hydrogen-bond acceptors (Lipinski definition) is 7. The first-order valence-electron chi connectivity index (χ1n) is 9.14. The van der Waals surface area contributed by atoms with Crippen LogP contribution in [0, 0.1) is 0 Å². The third-order valence-corrected chi connectivity index (χ3v) is 5.06. The third kappa shape index (κ3) is 2.93. The molecule has 154 valence electrons. The number of nitrogens with zero attached hydrogens (tertiary/aromatic N) is 7. The standard InChI is InChI=1S/C18H17FN8O3/c1-30-15-14-11(10-6-21-17-20-3-5-25(17)7-10)2-4-27(14)24-16(23-15)22-13-9-26(18(28)29)8-12(13)19/h2-7,12-13H,8-9H2,1H3,(H,22,24)(H,28,29)/t12-,13+/m0/s1. The molecule has 1 aliphatic heterocycles. The fourth-order valence-electron chi connectivity index (χ4n) is 3.61. The number of halogens is 1. The van der Waals surface area contributed by atoms with E-state index in [9.17, 15) is 9.18 Å². The normalized spacial score (nSPS) is 18.9. The number of hydrogen-bond donors (Lipinski definition) is 2. The maximum absolute atomic E-state index is 14.2. The molecule has 0 bridgehead atoms. The Morgan fingerprint density at radius 3 is 2.97 bits per heavy atom. The Bertz CT molecular complexity index is 1250. The van der Waals surface area contributed by atoms with E-state index in [1.807, 2.05) is 12.3 Å². The summed E-state index contributed by atoms with van der Waals surface area (Å²) in [6.07, 6.45) is 6.28. The SMILES string of the molecule is COc1nc(N[C@@H]2CN(C(=O)O)C[C@@H]2F)nn2ccc(-c3cnc4nccn4c3)c12. The summed E-state index contributed by atoms with van der Waals surface area (Å²) in [5.41, 5.74) is 2.25. The van der Waals surface area contributed by atoms with Gasteiger partial charge in [-0.3, -0.25) is 4.40 Å². The number of imidazole rings is 1. The topological polar surface area (TPSA) is 122 Å². The van der Waals surface area contributed by atoms with Gasteiger partial charge in [-0.25, -0.2) is 23.7 Å². The molecule has 12 heteroatoms. The van der Waals surface area contributed by atoms with E-state index >= 15 is 0 Å². The molecular weight excluding hydrogens is 395 g/mol. The molecule has 11 nitrogen and oxygen atoms in total. The number of fused-ring (bicyclic) bond motifs is 2. The zero-order valence-electron chi connectivity index (χ0n) is 15.8. The molecule has 0 saturated carbocycles. The Morgan fingerprint density at radius 2 is 2.20 bits per heavy atom. The van der Waals surface area contributed by atoms with Crippen molar-refractivity contribution in [1.29, 1.82) is 0 Å². The summed E-state index contributed by atoms with van der Waals surface area (Å²) < 4.78 is 23.1. The van der Waals surface area contributed by atoms with Gasteiger partial charge in [-0.05, 0) is 6.07 Å². The van der Waals surface area contributed by atoms with Crippen molar-refractivity contribution in [3.8, 4) is 17.0 Å². The van der Waals surface area contributed by atoms with Gasteiger partial charge >= 0.3 is 6.09 Å². The number of anilines is 1. The zero-order chi connectivity index (χ0) is 20.8. The van der Waals surface area contributed by atoms with Gasteiger partial charge in [0.05, 0.1) is 19.7 Å². The molecule has 30 heavy (non-hydrogen) atoms. The average Bonchev–Trinajstić information content (AvgIpc) is 3.45. The van der Waals surface area contributed by atoms with E-state index in [0.29, 0.717) is 17.2 Å². The number of carbonyl (C=O) groups is 1. The Kier molecular flexibility index (Phi) is 4.12. The minimum absolute atomic E-state index is 0.00767. The van der Waals surface area contributed by atoms with Crippen molar-refractivity contribution in [2.45, 2.75) is 12.2 Å². The van der Waals surface area contributed by atoms with E-state index < -0.39 is 18.3 Å². The molecule has 0 spiro atoms. The molecule has 0 unspecified atom stereocenters. The van der Waals surface area contributed by atoms with Gasteiger partial charge in [0.2, 0.25) is 17.6 Å². The van der Waals surface area contributed by atoms with Crippen LogP contribution in [-0.4, -0.2) is 77.5 Å². The van der Waals surface area contributed by atoms with Crippen LogP contribution in [0.3, 0.4) is 0 Å². The molecule has 2 atom stereocenters. The quantitative estimate of drug-likeness (QED) is 0.518. The van der Waals surface area contributed by atoms with Crippen LogP contribution in [0.1, 0.15) is 0 Å². The fourth-order valence-corrected chi connectivity index (χ4v) is 3.61. The van der Waals surface area contributed by atoms with Gasteiger partial charge in [-0.1, -0.05) is 0 Å². The van der Waals surface area contributed by atoms with Gasteiger partial charge in [0.15, 0.2) is 0 Å². The summed E-state index contributed by atoms with van der Waals surface area (Å²) in [7, 11) is 1.49. The molecular formula is C18H17FN8O3. The molecule has 0 aromatic carbocycles. The lowest BCUT2D eigenvalue weighted by Crippen LogP contribution is -2.32. The third-order valence-electron chi connectivity index (χ3n) is 5.06. The Hall–Kier alpha value is -3.96. The first-order valence-corrected chi connectivity index (χ1v) is 9.14. The van der Waals surface area contributed by atoms with Crippen LogP contribution >= 0.6 is 0 Å². The van der Waals surface area contributed by atoms with Crippen LogP contribution in [0.15, 0.2) is 37.1 Å². The lowest BCUT2D eigenvalue weighted by atomic mass is 10.1. The van der Waals surface area contributed by atoms with Crippen molar-refractivity contribution in [3.63, 3.8) is 0 Å². The zero-order valence-corrected chi connectivity index (χ0v) is 15.8. The van der Waals surface area contributed by atoms with Crippen LogP contribution in [0.5, 0.6) is 5.88 Å². The van der Waals surface area contributed by atoms with Crippen LogP contribution in [0.25, 0.3) is 22.4 Å². The summed E-state index contributed by atoms with van der Waals surface area (Å²) in [5.74, 6) is 1.02. The molecule has 4 aromatic heterocycles. The molecule has 5 heterocycles. The summed E-state index contributed by atoms with van der Waals surface area (Å²) in [6, 6.07) is 1.11. The second-order valence-corrected chi connectivity index (χ2v) is 6.90. The highest BCUT2D eigenvalue weighted by molar-refractivity contribution is 5.84. The van der Waals surface area contributed by atoms with E-state index in [2.05, 4.69) is 25.4 Å². The fraction of sp³-hybridized carbons (Fsp3) is 0.278. The maximum atomic E-state index is 14.2. The highest BCUT2D eigenvalue weighted by Crippen LogP contribution is 2.31. The summed E-state index contributed by atoms with van der Waals surface area (Å²) in [4.78, 5) is 24.9. The van der Waals surface area contributed by atoms with E-state index in [0.717, 1.165) is 16.0 Å². The van der Waals surface area contributed by atoms with Crippen LogP contribution in [0.2, 0.25) is 0 Å². The van der Waals surface area contributed by atoms with Crippen LogP contribution < -0.4 is 10.1 Å². The molecule has 4 aromatic rings. The number of ether oxygens (including phenoxy) is 1. The maximum Gasteiger partial charge on any atom is 0.407 e. The Balaban J connectivity index is 1.51. The summed E-state index contributed by atoms with van der Waals surface area (Å²) >= 11 is 0. The van der Waals surface area contributed by atoms with Crippen molar-refractivity contribution in [3.05, 3.63) is 37.1 Å². The van der Waals surface area contributed by atoms with Gasteiger partial charge < -0.3 is 20.1 Å². The molecule has 5 rings (SSSR count). The first kappa shape index (κ1) is 18.1. The van der Waals surface area contributed by atoms with E-state index in [1.165, 1.54) is 7.11 Å².